The smallest absolute Gasteiger partial charge is 0.183 e. The molecule has 0 fully saturated rings. The van der Waals surface area contributed by atoms with Crippen molar-refractivity contribution in [3.8, 4) is 0 Å². The van der Waals surface area contributed by atoms with Crippen LogP contribution in [0.15, 0.2) is 11.1 Å². The monoisotopic (exact) mass is 158 g/mol. The predicted octanol–water partition coefficient (Wildman–Crippen LogP) is 1.30. The maximum atomic E-state index is 5.37. The van der Waals surface area contributed by atoms with Crippen LogP contribution in [0.5, 0.6) is 0 Å². The second kappa shape index (κ2) is 3.34. The maximum Gasteiger partial charge on any atom is 0.183 e. The SMILES string of the molecule is COC1OC(OC)C(C)=C1C. The van der Waals surface area contributed by atoms with Crippen molar-refractivity contribution in [3.05, 3.63) is 11.1 Å². The summed E-state index contributed by atoms with van der Waals surface area (Å²) in [5.74, 6) is 0. The first-order valence-corrected chi connectivity index (χ1v) is 3.59. The molecule has 64 valence electrons. The van der Waals surface area contributed by atoms with Crippen molar-refractivity contribution in [3.63, 3.8) is 0 Å². The molecule has 1 rings (SSSR count). The fourth-order valence-corrected chi connectivity index (χ4v) is 1.15. The highest BCUT2D eigenvalue weighted by Crippen LogP contribution is 2.26. The molecular formula is C8H14O3. The molecule has 0 aromatic heterocycles. The first-order valence-electron chi connectivity index (χ1n) is 3.59. The van der Waals surface area contributed by atoms with Gasteiger partial charge >= 0.3 is 0 Å². The Bertz CT molecular complexity index is 156. The fraction of sp³-hybridized carbons (Fsp3) is 0.750. The van der Waals surface area contributed by atoms with E-state index >= 15 is 0 Å². The molecule has 0 spiro atoms. The van der Waals surface area contributed by atoms with E-state index in [1.54, 1.807) is 14.2 Å². The van der Waals surface area contributed by atoms with Gasteiger partial charge in [-0.05, 0) is 25.0 Å². The van der Waals surface area contributed by atoms with E-state index in [9.17, 15) is 0 Å². The molecule has 0 radical (unpaired) electrons. The van der Waals surface area contributed by atoms with E-state index in [1.165, 1.54) is 0 Å². The van der Waals surface area contributed by atoms with Gasteiger partial charge in [-0.15, -0.1) is 0 Å². The quantitative estimate of drug-likeness (QED) is 0.567. The molecule has 0 saturated carbocycles. The van der Waals surface area contributed by atoms with Gasteiger partial charge in [0.1, 0.15) is 0 Å². The van der Waals surface area contributed by atoms with Crippen LogP contribution < -0.4 is 0 Å². The third-order valence-corrected chi connectivity index (χ3v) is 2.00. The largest absolute Gasteiger partial charge is 0.352 e. The van der Waals surface area contributed by atoms with Crippen LogP contribution in [0.1, 0.15) is 13.8 Å². The lowest BCUT2D eigenvalue weighted by Gasteiger charge is -2.12. The van der Waals surface area contributed by atoms with Gasteiger partial charge in [0.15, 0.2) is 12.6 Å². The van der Waals surface area contributed by atoms with Crippen molar-refractivity contribution in [2.24, 2.45) is 0 Å². The number of methoxy groups -OCH3 is 2. The Kier molecular flexibility index (Phi) is 2.65. The lowest BCUT2D eigenvalue weighted by molar-refractivity contribution is -0.179. The van der Waals surface area contributed by atoms with E-state index in [0.717, 1.165) is 11.1 Å². The Balaban J connectivity index is 2.71. The highest BCUT2D eigenvalue weighted by atomic mass is 16.8. The van der Waals surface area contributed by atoms with Crippen molar-refractivity contribution >= 4 is 0 Å². The molecule has 0 amide bonds. The summed E-state index contributed by atoms with van der Waals surface area (Å²) in [5.41, 5.74) is 2.22. The van der Waals surface area contributed by atoms with Crippen LogP contribution in [-0.2, 0) is 14.2 Å². The molecule has 2 unspecified atom stereocenters. The van der Waals surface area contributed by atoms with Gasteiger partial charge in [0.25, 0.3) is 0 Å². The highest BCUT2D eigenvalue weighted by Gasteiger charge is 2.28. The molecule has 0 aromatic rings. The average molecular weight is 158 g/mol. The molecule has 0 aliphatic carbocycles. The Labute approximate surface area is 66.9 Å². The molecule has 1 aliphatic rings. The molecule has 2 atom stereocenters. The van der Waals surface area contributed by atoms with Crippen LogP contribution in [0, 0.1) is 0 Å². The molecule has 3 nitrogen and oxygen atoms in total. The van der Waals surface area contributed by atoms with Crippen LogP contribution in [0.4, 0.5) is 0 Å². The normalized spacial score (nSPS) is 31.6. The van der Waals surface area contributed by atoms with Gasteiger partial charge in [-0.1, -0.05) is 0 Å². The fourth-order valence-electron chi connectivity index (χ4n) is 1.15. The summed E-state index contributed by atoms with van der Waals surface area (Å²) >= 11 is 0. The second-order valence-corrected chi connectivity index (χ2v) is 2.64. The average Bonchev–Trinajstić information content (AvgIpc) is 2.30. The van der Waals surface area contributed by atoms with Crippen LogP contribution >= 0.6 is 0 Å². The van der Waals surface area contributed by atoms with Crippen LogP contribution in [0.25, 0.3) is 0 Å². The van der Waals surface area contributed by atoms with Crippen molar-refractivity contribution in [2.75, 3.05) is 14.2 Å². The summed E-state index contributed by atoms with van der Waals surface area (Å²) < 4.78 is 15.5. The molecule has 1 heterocycles. The maximum absolute atomic E-state index is 5.37. The first kappa shape index (κ1) is 8.71. The second-order valence-electron chi connectivity index (χ2n) is 2.64. The van der Waals surface area contributed by atoms with Crippen LogP contribution in [0.3, 0.4) is 0 Å². The summed E-state index contributed by atoms with van der Waals surface area (Å²) in [7, 11) is 3.25. The van der Waals surface area contributed by atoms with Crippen LogP contribution in [0.2, 0.25) is 0 Å². The zero-order valence-electron chi connectivity index (χ0n) is 7.38. The summed E-state index contributed by atoms with van der Waals surface area (Å²) in [6.07, 6.45) is -0.445. The van der Waals surface area contributed by atoms with E-state index in [0.29, 0.717) is 0 Å². The lowest BCUT2D eigenvalue weighted by atomic mass is 10.2. The minimum atomic E-state index is -0.222. The number of hydrogen-bond donors (Lipinski definition) is 0. The van der Waals surface area contributed by atoms with Gasteiger partial charge in [-0.2, -0.15) is 0 Å². The zero-order chi connectivity index (χ0) is 8.43. The topological polar surface area (TPSA) is 27.7 Å². The van der Waals surface area contributed by atoms with Crippen molar-refractivity contribution in [1.29, 1.82) is 0 Å². The molecule has 0 aromatic carbocycles. The predicted molar refractivity (Wildman–Crippen MR) is 41.1 cm³/mol. The van der Waals surface area contributed by atoms with Gasteiger partial charge < -0.3 is 14.2 Å². The van der Waals surface area contributed by atoms with Gasteiger partial charge in [0.2, 0.25) is 0 Å². The molecule has 3 heteroatoms. The van der Waals surface area contributed by atoms with Crippen LogP contribution in [-0.4, -0.2) is 26.8 Å². The lowest BCUT2D eigenvalue weighted by Crippen LogP contribution is -2.17. The Morgan fingerprint density at radius 3 is 1.55 bits per heavy atom. The van der Waals surface area contributed by atoms with Crippen molar-refractivity contribution in [2.45, 2.75) is 26.4 Å². The summed E-state index contributed by atoms with van der Waals surface area (Å²) in [5, 5.41) is 0. The highest BCUT2D eigenvalue weighted by molar-refractivity contribution is 5.19. The minimum Gasteiger partial charge on any atom is -0.352 e. The van der Waals surface area contributed by atoms with Gasteiger partial charge in [0.05, 0.1) is 0 Å². The summed E-state index contributed by atoms with van der Waals surface area (Å²) in [6, 6.07) is 0. The van der Waals surface area contributed by atoms with Gasteiger partial charge in [0, 0.05) is 14.2 Å². The van der Waals surface area contributed by atoms with E-state index < -0.39 is 0 Å². The standard InChI is InChI=1S/C8H14O3/c1-5-6(2)8(10-4)11-7(5)9-3/h7-8H,1-4H3. The number of ether oxygens (including phenoxy) is 3. The van der Waals surface area contributed by atoms with Gasteiger partial charge in [-0.3, -0.25) is 0 Å². The van der Waals surface area contributed by atoms with Crippen molar-refractivity contribution in [1.82, 2.24) is 0 Å². The zero-order valence-corrected chi connectivity index (χ0v) is 7.38. The third-order valence-electron chi connectivity index (χ3n) is 2.00. The van der Waals surface area contributed by atoms with E-state index in [1.807, 2.05) is 13.8 Å². The Morgan fingerprint density at radius 1 is 1.00 bits per heavy atom. The third kappa shape index (κ3) is 1.45. The number of hydrogen-bond acceptors (Lipinski definition) is 3. The first-order chi connectivity index (χ1) is 5.20. The summed E-state index contributed by atoms with van der Waals surface area (Å²) in [4.78, 5) is 0. The minimum absolute atomic E-state index is 0.222. The van der Waals surface area contributed by atoms with E-state index in [-0.39, 0.29) is 12.6 Å². The van der Waals surface area contributed by atoms with E-state index in [2.05, 4.69) is 0 Å². The van der Waals surface area contributed by atoms with E-state index in [4.69, 9.17) is 14.2 Å². The number of rotatable bonds is 2. The Hall–Kier alpha value is -0.380. The molecule has 0 bridgehead atoms. The Morgan fingerprint density at radius 2 is 1.36 bits per heavy atom. The molecular weight excluding hydrogens is 144 g/mol. The molecule has 0 N–H and O–H groups in total. The molecule has 0 saturated heterocycles. The molecule has 11 heavy (non-hydrogen) atoms. The summed E-state index contributed by atoms with van der Waals surface area (Å²) in [6.45, 7) is 3.98. The molecule has 1 aliphatic heterocycles. The van der Waals surface area contributed by atoms with Crippen molar-refractivity contribution < 1.29 is 14.2 Å². The van der Waals surface area contributed by atoms with Gasteiger partial charge in [-0.25, -0.2) is 0 Å².